The van der Waals surface area contributed by atoms with Crippen molar-refractivity contribution in [1.29, 1.82) is 0 Å². The highest BCUT2D eigenvalue weighted by molar-refractivity contribution is 7.07. The highest BCUT2D eigenvalue weighted by Crippen LogP contribution is 2.29. The number of aromatic hydroxyl groups is 1. The Morgan fingerprint density at radius 1 is 1.53 bits per heavy atom. The number of para-hydroxylation sites is 1. The third-order valence-electron chi connectivity index (χ3n) is 3.00. The van der Waals surface area contributed by atoms with E-state index in [1.54, 1.807) is 28.8 Å². The van der Waals surface area contributed by atoms with Crippen LogP contribution in [0.3, 0.4) is 0 Å². The summed E-state index contributed by atoms with van der Waals surface area (Å²) in [4.78, 5) is 17.1. The zero-order valence-corrected chi connectivity index (χ0v) is 11.1. The highest BCUT2D eigenvalue weighted by atomic mass is 32.1. The molecule has 0 spiro atoms. The van der Waals surface area contributed by atoms with Crippen molar-refractivity contribution in [1.82, 2.24) is 4.57 Å². The summed E-state index contributed by atoms with van der Waals surface area (Å²) in [7, 11) is 1.49. The number of thiazole rings is 1. The van der Waals surface area contributed by atoms with Crippen molar-refractivity contribution < 1.29 is 9.84 Å². The van der Waals surface area contributed by atoms with Crippen LogP contribution in [0, 0.1) is 0 Å². The van der Waals surface area contributed by atoms with E-state index in [-0.39, 0.29) is 11.3 Å². The summed E-state index contributed by atoms with van der Waals surface area (Å²) >= 11 is 1.34. The summed E-state index contributed by atoms with van der Waals surface area (Å²) in [5.74, 6) is 0.433. The molecule has 2 aromatic rings. The number of aromatic nitrogens is 1. The van der Waals surface area contributed by atoms with Gasteiger partial charge in [-0.15, -0.1) is 0 Å². The predicted octanol–water partition coefficient (Wildman–Crippen LogP) is 0.0860. The lowest BCUT2D eigenvalue weighted by Crippen LogP contribution is -2.29. The number of hydrogen-bond donors (Lipinski definition) is 1. The standard InChI is InChI=1S/C13H12N2O3S/c1-18-9-4-2-3-8(11(9)16)7-10-12(17)15-6-5-14-13(15)19-10/h2-4,7,16H,5-6H2,1H3. The maximum atomic E-state index is 12.1. The van der Waals surface area contributed by atoms with E-state index in [4.69, 9.17) is 4.74 Å². The number of fused-ring (bicyclic) bond motifs is 1. The molecular weight excluding hydrogens is 264 g/mol. The van der Waals surface area contributed by atoms with Gasteiger partial charge < -0.3 is 9.84 Å². The maximum Gasteiger partial charge on any atom is 0.270 e. The monoisotopic (exact) mass is 276 g/mol. The van der Waals surface area contributed by atoms with Gasteiger partial charge >= 0.3 is 0 Å². The molecule has 0 unspecified atom stereocenters. The molecule has 6 heteroatoms. The first-order chi connectivity index (χ1) is 9.20. The largest absolute Gasteiger partial charge is 0.504 e. The van der Waals surface area contributed by atoms with Crippen molar-refractivity contribution in [3.63, 3.8) is 0 Å². The topological polar surface area (TPSA) is 63.8 Å². The molecule has 0 aliphatic carbocycles. The minimum Gasteiger partial charge on any atom is -0.504 e. The molecule has 0 saturated heterocycles. The van der Waals surface area contributed by atoms with Gasteiger partial charge in [0, 0.05) is 12.1 Å². The number of hydrogen-bond acceptors (Lipinski definition) is 5. The Balaban J connectivity index is 2.20. The summed E-state index contributed by atoms with van der Waals surface area (Å²) in [5, 5.41) is 10.0. The number of phenolic OH excluding ortho intramolecular Hbond substituents is 1. The van der Waals surface area contributed by atoms with Crippen molar-refractivity contribution in [2.45, 2.75) is 6.54 Å². The smallest absolute Gasteiger partial charge is 0.270 e. The number of benzene rings is 1. The van der Waals surface area contributed by atoms with Gasteiger partial charge in [0.05, 0.1) is 18.2 Å². The Labute approximate surface area is 112 Å². The van der Waals surface area contributed by atoms with Crippen LogP contribution in [0.25, 0.3) is 6.08 Å². The van der Waals surface area contributed by atoms with Crippen molar-refractivity contribution in [2.24, 2.45) is 4.99 Å². The molecule has 0 atom stereocenters. The number of phenols is 1. The second-order valence-electron chi connectivity index (χ2n) is 4.13. The van der Waals surface area contributed by atoms with Gasteiger partial charge in [0.25, 0.3) is 5.56 Å². The fraction of sp³-hybridized carbons (Fsp3) is 0.231. The summed E-state index contributed by atoms with van der Waals surface area (Å²) in [5.41, 5.74) is 0.514. The van der Waals surface area contributed by atoms with Crippen LogP contribution in [0.5, 0.6) is 11.5 Å². The van der Waals surface area contributed by atoms with E-state index in [2.05, 4.69) is 4.99 Å². The lowest BCUT2D eigenvalue weighted by atomic mass is 10.2. The lowest BCUT2D eigenvalue weighted by Gasteiger charge is -2.04. The number of nitrogens with zero attached hydrogens (tertiary/aromatic N) is 2. The van der Waals surface area contributed by atoms with E-state index in [1.165, 1.54) is 18.4 Å². The fourth-order valence-electron chi connectivity index (χ4n) is 2.03. The van der Waals surface area contributed by atoms with E-state index in [0.717, 1.165) is 4.80 Å². The predicted molar refractivity (Wildman–Crippen MR) is 72.5 cm³/mol. The minimum absolute atomic E-state index is 0.0416. The van der Waals surface area contributed by atoms with E-state index < -0.39 is 0 Å². The maximum absolute atomic E-state index is 12.1. The summed E-state index contributed by atoms with van der Waals surface area (Å²) in [6.07, 6.45) is 1.67. The summed E-state index contributed by atoms with van der Waals surface area (Å²) in [6, 6.07) is 5.18. The van der Waals surface area contributed by atoms with Crippen LogP contribution in [0.15, 0.2) is 28.0 Å². The second kappa shape index (κ2) is 4.55. The molecule has 1 aromatic carbocycles. The van der Waals surface area contributed by atoms with Gasteiger partial charge in [-0.25, -0.2) is 0 Å². The van der Waals surface area contributed by atoms with Crippen LogP contribution in [-0.4, -0.2) is 23.3 Å². The zero-order valence-electron chi connectivity index (χ0n) is 10.3. The molecule has 3 rings (SSSR count). The molecule has 1 N–H and O–H groups in total. The first kappa shape index (κ1) is 12.0. The van der Waals surface area contributed by atoms with Gasteiger partial charge in [0.2, 0.25) is 0 Å². The Bertz CT molecular complexity index is 804. The number of rotatable bonds is 2. The Kier molecular flexibility index (Phi) is 2.87. The quantitative estimate of drug-likeness (QED) is 0.845. The Hall–Kier alpha value is -2.08. The molecule has 19 heavy (non-hydrogen) atoms. The van der Waals surface area contributed by atoms with Crippen LogP contribution in [0.4, 0.5) is 0 Å². The lowest BCUT2D eigenvalue weighted by molar-refractivity contribution is 0.373. The van der Waals surface area contributed by atoms with Crippen molar-refractivity contribution >= 4 is 17.4 Å². The summed E-state index contributed by atoms with van der Waals surface area (Å²) < 4.78 is 7.28. The molecule has 0 fully saturated rings. The van der Waals surface area contributed by atoms with Crippen LogP contribution in [0.2, 0.25) is 0 Å². The van der Waals surface area contributed by atoms with Crippen molar-refractivity contribution in [3.8, 4) is 11.5 Å². The average molecular weight is 276 g/mol. The number of methoxy groups -OCH3 is 1. The van der Waals surface area contributed by atoms with Gasteiger partial charge in [-0.2, -0.15) is 0 Å². The van der Waals surface area contributed by atoms with Gasteiger partial charge in [-0.05, 0) is 12.1 Å². The van der Waals surface area contributed by atoms with E-state index >= 15 is 0 Å². The molecule has 1 aromatic heterocycles. The molecule has 1 aliphatic rings. The molecule has 5 nitrogen and oxygen atoms in total. The van der Waals surface area contributed by atoms with Crippen LogP contribution in [-0.2, 0) is 6.54 Å². The Morgan fingerprint density at radius 3 is 3.11 bits per heavy atom. The first-order valence-corrected chi connectivity index (χ1v) is 6.64. The molecule has 0 amide bonds. The second-order valence-corrected chi connectivity index (χ2v) is 5.14. The highest BCUT2D eigenvalue weighted by Gasteiger charge is 2.11. The SMILES string of the molecule is COc1cccc(C=c2sc3n(c2=O)CCN=3)c1O. The van der Waals surface area contributed by atoms with Crippen LogP contribution in [0.1, 0.15) is 5.56 Å². The van der Waals surface area contributed by atoms with E-state index in [9.17, 15) is 9.90 Å². The zero-order chi connectivity index (χ0) is 13.4. The molecule has 0 radical (unpaired) electrons. The van der Waals surface area contributed by atoms with Crippen molar-refractivity contribution in [2.75, 3.05) is 13.7 Å². The summed E-state index contributed by atoms with van der Waals surface area (Å²) in [6.45, 7) is 1.31. The Morgan fingerprint density at radius 2 is 2.37 bits per heavy atom. The van der Waals surface area contributed by atoms with Gasteiger partial charge in [-0.1, -0.05) is 23.5 Å². The molecule has 98 valence electrons. The molecule has 2 heterocycles. The molecular formula is C13H12N2O3S. The normalized spacial score (nSPS) is 14.3. The first-order valence-electron chi connectivity index (χ1n) is 5.82. The number of ether oxygens (including phenoxy) is 1. The van der Waals surface area contributed by atoms with Crippen LogP contribution >= 0.6 is 11.3 Å². The van der Waals surface area contributed by atoms with Gasteiger partial charge in [-0.3, -0.25) is 14.4 Å². The minimum atomic E-state index is -0.0523. The van der Waals surface area contributed by atoms with Gasteiger partial charge in [0.1, 0.15) is 0 Å². The van der Waals surface area contributed by atoms with Crippen LogP contribution < -0.4 is 19.6 Å². The van der Waals surface area contributed by atoms with E-state index in [0.29, 0.717) is 28.9 Å². The molecule has 0 bridgehead atoms. The third kappa shape index (κ3) is 1.94. The van der Waals surface area contributed by atoms with Gasteiger partial charge in [0.15, 0.2) is 16.3 Å². The fourth-order valence-corrected chi connectivity index (χ4v) is 3.05. The third-order valence-corrected chi connectivity index (χ3v) is 4.04. The molecule has 0 saturated carbocycles. The van der Waals surface area contributed by atoms with Crippen molar-refractivity contribution in [3.05, 3.63) is 43.5 Å². The average Bonchev–Trinajstić information content (AvgIpc) is 2.97. The molecule has 1 aliphatic heterocycles. The van der Waals surface area contributed by atoms with E-state index in [1.807, 2.05) is 0 Å².